The van der Waals surface area contributed by atoms with E-state index >= 15 is 0 Å². The van der Waals surface area contributed by atoms with Crippen molar-refractivity contribution in [3.05, 3.63) is 29.8 Å². The Morgan fingerprint density at radius 1 is 1.26 bits per heavy atom. The molecule has 0 unspecified atom stereocenters. The van der Waals surface area contributed by atoms with E-state index in [2.05, 4.69) is 5.32 Å². The van der Waals surface area contributed by atoms with Crippen LogP contribution in [-0.4, -0.2) is 88.9 Å². The third-order valence-corrected chi connectivity index (χ3v) is 4.91. The second kappa shape index (κ2) is 10.6. The minimum atomic E-state index is -1.24. The van der Waals surface area contributed by atoms with Crippen molar-refractivity contribution >= 4 is 5.91 Å². The molecule has 27 heavy (non-hydrogen) atoms. The number of methoxy groups -OCH3 is 1. The van der Waals surface area contributed by atoms with Crippen molar-refractivity contribution in [2.45, 2.75) is 43.6 Å². The zero-order valence-electron chi connectivity index (χ0n) is 15.6. The average molecular weight is 382 g/mol. The molecule has 0 radical (unpaired) electrons. The highest BCUT2D eigenvalue weighted by Gasteiger charge is 2.40. The third-order valence-electron chi connectivity index (χ3n) is 4.91. The van der Waals surface area contributed by atoms with Gasteiger partial charge in [-0.15, -0.1) is 0 Å². The number of benzene rings is 1. The number of likely N-dealkylation sites (tertiary alicyclic amines) is 1. The van der Waals surface area contributed by atoms with E-state index in [1.807, 2.05) is 24.3 Å². The van der Waals surface area contributed by atoms with Gasteiger partial charge in [0.15, 0.2) is 0 Å². The van der Waals surface area contributed by atoms with E-state index in [0.29, 0.717) is 13.1 Å². The predicted octanol–water partition coefficient (Wildman–Crippen LogP) is -1.11. The Balaban J connectivity index is 1.68. The lowest BCUT2D eigenvalue weighted by atomic mass is 9.94. The molecule has 0 saturated carbocycles. The highest BCUT2D eigenvalue weighted by molar-refractivity contribution is 5.78. The second-order valence-electron chi connectivity index (χ2n) is 6.88. The van der Waals surface area contributed by atoms with Crippen LogP contribution in [0.2, 0.25) is 0 Å². The number of unbranched alkanes of at least 4 members (excludes halogenated alkanes) is 1. The quantitative estimate of drug-likeness (QED) is 0.343. The fourth-order valence-corrected chi connectivity index (χ4v) is 3.33. The number of hydrogen-bond donors (Lipinski definition) is 5. The molecule has 1 amide bonds. The standard InChI is InChI=1S/C19H30N2O6/c1-27-14-6-4-5-13(9-14)10-17(24)20-7-2-3-8-21-11-16(23)19(26)18(25)15(21)12-22/h4-6,9,15-16,18-19,22-23,25-26H,2-3,7-8,10-12H2,1H3,(H,20,24)/t15-,16+,18-,19-/m1/s1. The number of amides is 1. The molecular weight excluding hydrogens is 352 g/mol. The first kappa shape index (κ1) is 21.6. The molecule has 1 aromatic carbocycles. The zero-order chi connectivity index (χ0) is 19.8. The minimum absolute atomic E-state index is 0.0663. The number of rotatable bonds is 9. The first-order chi connectivity index (χ1) is 13.0. The predicted molar refractivity (Wildman–Crippen MR) is 99.4 cm³/mol. The number of aliphatic hydroxyl groups excluding tert-OH is 4. The lowest BCUT2D eigenvalue weighted by molar-refractivity contribution is -0.145. The fourth-order valence-electron chi connectivity index (χ4n) is 3.33. The van der Waals surface area contributed by atoms with Crippen LogP contribution in [0.4, 0.5) is 0 Å². The van der Waals surface area contributed by atoms with Crippen LogP contribution in [0.1, 0.15) is 18.4 Å². The van der Waals surface area contributed by atoms with E-state index in [1.54, 1.807) is 12.0 Å². The maximum absolute atomic E-state index is 12.0. The average Bonchev–Trinajstić information content (AvgIpc) is 2.66. The Morgan fingerprint density at radius 3 is 2.74 bits per heavy atom. The van der Waals surface area contributed by atoms with Gasteiger partial charge < -0.3 is 30.5 Å². The first-order valence-electron chi connectivity index (χ1n) is 9.25. The summed E-state index contributed by atoms with van der Waals surface area (Å²) in [7, 11) is 1.58. The maximum Gasteiger partial charge on any atom is 0.224 e. The highest BCUT2D eigenvalue weighted by atomic mass is 16.5. The second-order valence-corrected chi connectivity index (χ2v) is 6.88. The van der Waals surface area contributed by atoms with Gasteiger partial charge in [0, 0.05) is 13.1 Å². The topological polar surface area (TPSA) is 122 Å². The summed E-state index contributed by atoms with van der Waals surface area (Å²) in [4.78, 5) is 13.8. The lowest BCUT2D eigenvalue weighted by Crippen LogP contribution is -2.62. The highest BCUT2D eigenvalue weighted by Crippen LogP contribution is 2.19. The molecule has 1 saturated heterocycles. The van der Waals surface area contributed by atoms with Crippen LogP contribution >= 0.6 is 0 Å². The Hall–Kier alpha value is -1.71. The van der Waals surface area contributed by atoms with Gasteiger partial charge in [0.25, 0.3) is 0 Å². The number of ether oxygens (including phenoxy) is 1. The number of carbonyl (C=O) groups excluding carboxylic acids is 1. The SMILES string of the molecule is COc1cccc(CC(=O)NCCCCN2C[C@H](O)[C@@H](O)[C@H](O)[C@H]2CO)c1. The van der Waals surface area contributed by atoms with Crippen LogP contribution in [0.5, 0.6) is 5.75 Å². The summed E-state index contributed by atoms with van der Waals surface area (Å²) in [6, 6.07) is 6.78. The lowest BCUT2D eigenvalue weighted by Gasteiger charge is -2.43. The largest absolute Gasteiger partial charge is 0.497 e. The molecule has 8 nitrogen and oxygen atoms in total. The van der Waals surface area contributed by atoms with Gasteiger partial charge in [0.2, 0.25) is 5.91 Å². The summed E-state index contributed by atoms with van der Waals surface area (Å²) >= 11 is 0. The van der Waals surface area contributed by atoms with Gasteiger partial charge in [-0.3, -0.25) is 9.69 Å². The molecule has 152 valence electrons. The molecule has 8 heteroatoms. The van der Waals surface area contributed by atoms with E-state index in [1.165, 1.54) is 0 Å². The number of nitrogens with one attached hydrogen (secondary N) is 1. The van der Waals surface area contributed by atoms with Gasteiger partial charge in [-0.05, 0) is 37.1 Å². The van der Waals surface area contributed by atoms with Crippen molar-refractivity contribution < 1.29 is 30.0 Å². The van der Waals surface area contributed by atoms with Crippen molar-refractivity contribution in [1.82, 2.24) is 10.2 Å². The van der Waals surface area contributed by atoms with Crippen LogP contribution in [0.25, 0.3) is 0 Å². The molecule has 4 atom stereocenters. The Labute approximate surface area is 159 Å². The van der Waals surface area contributed by atoms with Gasteiger partial charge in [-0.25, -0.2) is 0 Å². The number of β-amino-alcohol motifs (C(OH)–C–C–N with tert-alkyl or cyclic N) is 1. The van der Waals surface area contributed by atoms with Gasteiger partial charge >= 0.3 is 0 Å². The monoisotopic (exact) mass is 382 g/mol. The Bertz CT molecular complexity index is 599. The van der Waals surface area contributed by atoms with Crippen LogP contribution in [0.15, 0.2) is 24.3 Å². The number of carbonyl (C=O) groups is 1. The molecule has 0 aliphatic carbocycles. The molecule has 5 N–H and O–H groups in total. The van der Waals surface area contributed by atoms with Crippen molar-refractivity contribution in [2.75, 3.05) is 33.4 Å². The molecule has 2 rings (SSSR count). The van der Waals surface area contributed by atoms with Crippen LogP contribution in [0, 0.1) is 0 Å². The molecular formula is C19H30N2O6. The van der Waals surface area contributed by atoms with Crippen molar-refractivity contribution in [1.29, 1.82) is 0 Å². The molecule has 1 aliphatic heterocycles. The van der Waals surface area contributed by atoms with E-state index in [0.717, 1.165) is 24.2 Å². The maximum atomic E-state index is 12.0. The van der Waals surface area contributed by atoms with Gasteiger partial charge in [-0.2, -0.15) is 0 Å². The molecule has 0 spiro atoms. The Kier molecular flexibility index (Phi) is 8.46. The summed E-state index contributed by atoms with van der Waals surface area (Å²) in [6.07, 6.45) is -1.72. The zero-order valence-corrected chi connectivity index (χ0v) is 15.6. The smallest absolute Gasteiger partial charge is 0.224 e. The summed E-state index contributed by atoms with van der Waals surface area (Å²) in [5, 5.41) is 41.7. The number of piperidine rings is 1. The van der Waals surface area contributed by atoms with Crippen LogP contribution in [-0.2, 0) is 11.2 Å². The van der Waals surface area contributed by atoms with Crippen LogP contribution < -0.4 is 10.1 Å². The number of nitrogens with zero attached hydrogens (tertiary/aromatic N) is 1. The van der Waals surface area contributed by atoms with Crippen molar-refractivity contribution in [2.24, 2.45) is 0 Å². The normalized spacial score (nSPS) is 26.0. The summed E-state index contributed by atoms with van der Waals surface area (Å²) in [5.41, 5.74) is 0.882. The van der Waals surface area contributed by atoms with Gasteiger partial charge in [-0.1, -0.05) is 12.1 Å². The van der Waals surface area contributed by atoms with Crippen LogP contribution in [0.3, 0.4) is 0 Å². The molecule has 0 aromatic heterocycles. The summed E-state index contributed by atoms with van der Waals surface area (Å²) in [5.74, 6) is 0.651. The van der Waals surface area contributed by atoms with E-state index < -0.39 is 24.4 Å². The third kappa shape index (κ3) is 6.15. The first-order valence-corrected chi connectivity index (χ1v) is 9.25. The molecule has 1 fully saturated rings. The van der Waals surface area contributed by atoms with Gasteiger partial charge in [0.05, 0.1) is 32.3 Å². The molecule has 1 aromatic rings. The molecule has 0 bridgehead atoms. The van der Waals surface area contributed by atoms with Crippen molar-refractivity contribution in [3.63, 3.8) is 0 Å². The summed E-state index contributed by atoms with van der Waals surface area (Å²) in [6.45, 7) is 0.986. The fraction of sp³-hybridized carbons (Fsp3) is 0.632. The summed E-state index contributed by atoms with van der Waals surface area (Å²) < 4.78 is 5.14. The van der Waals surface area contributed by atoms with E-state index in [4.69, 9.17) is 4.74 Å². The van der Waals surface area contributed by atoms with Gasteiger partial charge in [0.1, 0.15) is 18.0 Å². The number of aliphatic hydroxyl groups is 4. The molecule has 1 aliphatic rings. The molecule has 1 heterocycles. The Morgan fingerprint density at radius 2 is 2.04 bits per heavy atom. The van der Waals surface area contributed by atoms with E-state index in [9.17, 15) is 25.2 Å². The van der Waals surface area contributed by atoms with Crippen molar-refractivity contribution in [3.8, 4) is 5.75 Å². The minimum Gasteiger partial charge on any atom is -0.497 e. The number of hydrogen-bond acceptors (Lipinski definition) is 7. The van der Waals surface area contributed by atoms with E-state index in [-0.39, 0.29) is 25.5 Å².